The number of hydrogen-bond acceptors (Lipinski definition) is 5. The van der Waals surface area contributed by atoms with E-state index in [4.69, 9.17) is 4.74 Å². The highest BCUT2D eigenvalue weighted by Gasteiger charge is 2.56. The highest BCUT2D eigenvalue weighted by atomic mass is 16.5. The molecule has 0 unspecified atom stereocenters. The van der Waals surface area contributed by atoms with Crippen LogP contribution in [0.3, 0.4) is 0 Å². The molecule has 1 saturated heterocycles. The molecular weight excluding hydrogens is 374 g/mol. The Morgan fingerprint density at radius 3 is 2.76 bits per heavy atom. The maximum Gasteiger partial charge on any atom is 0.326 e. The predicted octanol–water partition coefficient (Wildman–Crippen LogP) is 1.44. The molecule has 1 heterocycles. The van der Waals surface area contributed by atoms with E-state index in [0.29, 0.717) is 0 Å². The second-order valence-corrected chi connectivity index (χ2v) is 8.17. The quantitative estimate of drug-likeness (QED) is 0.556. The van der Waals surface area contributed by atoms with E-state index in [0.717, 1.165) is 42.6 Å². The van der Waals surface area contributed by atoms with Crippen LogP contribution in [-0.2, 0) is 25.5 Å². The molecule has 1 aromatic rings. The number of benzene rings is 1. The zero-order chi connectivity index (χ0) is 20.6. The Hall–Kier alpha value is -2.90. The van der Waals surface area contributed by atoms with Gasteiger partial charge in [0.2, 0.25) is 0 Å². The highest BCUT2D eigenvalue weighted by molar-refractivity contribution is 6.08. The van der Waals surface area contributed by atoms with Crippen LogP contribution in [0.4, 0.5) is 4.79 Å². The van der Waals surface area contributed by atoms with Gasteiger partial charge in [-0.25, -0.2) is 4.79 Å². The predicted molar refractivity (Wildman–Crippen MR) is 103 cm³/mol. The minimum absolute atomic E-state index is 0.101. The third-order valence-corrected chi connectivity index (χ3v) is 6.05. The maximum atomic E-state index is 12.5. The van der Waals surface area contributed by atoms with E-state index in [1.165, 1.54) is 5.56 Å². The van der Waals surface area contributed by atoms with Gasteiger partial charge in [0.15, 0.2) is 6.61 Å². The van der Waals surface area contributed by atoms with Crippen LogP contribution in [0.2, 0.25) is 0 Å². The molecular formula is C21H25N3O5. The molecule has 154 valence electrons. The summed E-state index contributed by atoms with van der Waals surface area (Å²) >= 11 is 0. The van der Waals surface area contributed by atoms with Crippen molar-refractivity contribution in [3.63, 3.8) is 0 Å². The van der Waals surface area contributed by atoms with Crippen LogP contribution in [0, 0.1) is 5.92 Å². The molecule has 0 aromatic heterocycles. The largest absolute Gasteiger partial charge is 0.454 e. The number of aryl methyl sites for hydroxylation is 1. The van der Waals surface area contributed by atoms with Crippen molar-refractivity contribution in [3.8, 4) is 0 Å². The molecule has 29 heavy (non-hydrogen) atoms. The normalized spacial score (nSPS) is 26.0. The smallest absolute Gasteiger partial charge is 0.326 e. The van der Waals surface area contributed by atoms with E-state index in [1.807, 2.05) is 18.2 Å². The van der Waals surface area contributed by atoms with Gasteiger partial charge in [-0.05, 0) is 56.1 Å². The highest BCUT2D eigenvalue weighted by Crippen LogP contribution is 2.42. The van der Waals surface area contributed by atoms with Gasteiger partial charge in [-0.2, -0.15) is 0 Å². The number of ether oxygens (including phenoxy) is 1. The van der Waals surface area contributed by atoms with E-state index < -0.39 is 42.5 Å². The first kappa shape index (κ1) is 19.4. The minimum Gasteiger partial charge on any atom is -0.454 e. The second kappa shape index (κ2) is 7.50. The Morgan fingerprint density at radius 1 is 1.24 bits per heavy atom. The Balaban J connectivity index is 1.27. The lowest BCUT2D eigenvalue weighted by atomic mass is 9.88. The molecule has 3 aliphatic rings. The molecule has 0 radical (unpaired) electrons. The summed E-state index contributed by atoms with van der Waals surface area (Å²) in [7, 11) is 0. The second-order valence-electron chi connectivity index (χ2n) is 8.17. The van der Waals surface area contributed by atoms with E-state index in [1.54, 1.807) is 6.92 Å². The van der Waals surface area contributed by atoms with Gasteiger partial charge in [-0.1, -0.05) is 24.3 Å². The molecule has 0 spiro atoms. The van der Waals surface area contributed by atoms with Crippen molar-refractivity contribution in [3.05, 3.63) is 35.4 Å². The Bertz CT molecular complexity index is 866. The zero-order valence-corrected chi connectivity index (χ0v) is 16.4. The number of esters is 1. The number of rotatable bonds is 6. The van der Waals surface area contributed by atoms with Crippen LogP contribution in [0.1, 0.15) is 49.8 Å². The fraction of sp³-hybridized carbons (Fsp3) is 0.524. The zero-order valence-electron chi connectivity index (χ0n) is 16.4. The third kappa shape index (κ3) is 3.83. The summed E-state index contributed by atoms with van der Waals surface area (Å²) in [4.78, 5) is 49.8. The summed E-state index contributed by atoms with van der Waals surface area (Å²) in [6.45, 7) is 0.749. The van der Waals surface area contributed by atoms with Gasteiger partial charge < -0.3 is 15.4 Å². The molecule has 2 atom stereocenters. The van der Waals surface area contributed by atoms with Crippen molar-refractivity contribution >= 4 is 23.8 Å². The lowest BCUT2D eigenvalue weighted by Crippen LogP contribution is -2.46. The van der Waals surface area contributed by atoms with Crippen molar-refractivity contribution in [2.75, 3.05) is 13.2 Å². The molecule has 0 bridgehead atoms. The first-order chi connectivity index (χ1) is 13.9. The standard InChI is InChI=1S/C21H25N3O5/c1-21(14-9-10-14)19(27)24(20(28)23-21)11-18(26)29-12-17(25)22-16-8-4-6-13-5-2-3-7-15(13)16/h2-3,5,7,14,16H,4,6,8-12H2,1H3,(H,22,25)(H,23,28)/t16-,21+/m1/s1. The summed E-state index contributed by atoms with van der Waals surface area (Å²) in [6, 6.07) is 7.29. The van der Waals surface area contributed by atoms with Gasteiger partial charge in [0.1, 0.15) is 12.1 Å². The van der Waals surface area contributed by atoms with Crippen molar-refractivity contribution < 1.29 is 23.9 Å². The summed E-state index contributed by atoms with van der Waals surface area (Å²) < 4.78 is 5.01. The van der Waals surface area contributed by atoms with Crippen molar-refractivity contribution in [1.82, 2.24) is 15.5 Å². The molecule has 2 N–H and O–H groups in total. The Labute approximate surface area is 169 Å². The van der Waals surface area contributed by atoms with Crippen LogP contribution in [0.25, 0.3) is 0 Å². The Morgan fingerprint density at radius 2 is 2.00 bits per heavy atom. The van der Waals surface area contributed by atoms with Gasteiger partial charge in [-0.15, -0.1) is 0 Å². The molecule has 2 aliphatic carbocycles. The van der Waals surface area contributed by atoms with E-state index in [-0.39, 0.29) is 12.0 Å². The summed E-state index contributed by atoms with van der Waals surface area (Å²) in [6.07, 6.45) is 4.56. The number of amides is 4. The molecule has 1 aliphatic heterocycles. The molecule has 2 fully saturated rings. The fourth-order valence-corrected chi connectivity index (χ4v) is 4.26. The van der Waals surface area contributed by atoms with E-state index in [9.17, 15) is 19.2 Å². The number of carbonyl (C=O) groups excluding carboxylic acids is 4. The first-order valence-electron chi connectivity index (χ1n) is 10.1. The van der Waals surface area contributed by atoms with Crippen molar-refractivity contribution in [1.29, 1.82) is 0 Å². The number of urea groups is 1. The van der Waals surface area contributed by atoms with Crippen LogP contribution in [0.5, 0.6) is 0 Å². The number of imide groups is 1. The number of nitrogens with one attached hydrogen (secondary N) is 2. The van der Waals surface area contributed by atoms with Gasteiger partial charge >= 0.3 is 12.0 Å². The Kier molecular flexibility index (Phi) is 5.02. The monoisotopic (exact) mass is 399 g/mol. The number of carbonyl (C=O) groups is 4. The van der Waals surface area contributed by atoms with Crippen LogP contribution in [0.15, 0.2) is 24.3 Å². The van der Waals surface area contributed by atoms with Gasteiger partial charge in [0, 0.05) is 0 Å². The summed E-state index contributed by atoms with van der Waals surface area (Å²) in [5.74, 6) is -1.48. The lowest BCUT2D eigenvalue weighted by molar-refractivity contribution is -0.151. The average Bonchev–Trinajstić information content (AvgIpc) is 3.53. The molecule has 4 amide bonds. The average molecular weight is 399 g/mol. The number of nitrogens with zero attached hydrogens (tertiary/aromatic N) is 1. The van der Waals surface area contributed by atoms with Crippen LogP contribution in [-0.4, -0.2) is 47.4 Å². The van der Waals surface area contributed by atoms with E-state index >= 15 is 0 Å². The van der Waals surface area contributed by atoms with Crippen LogP contribution < -0.4 is 10.6 Å². The minimum atomic E-state index is -0.941. The molecule has 1 aromatic carbocycles. The van der Waals surface area contributed by atoms with Gasteiger partial charge in [-0.3, -0.25) is 19.3 Å². The third-order valence-electron chi connectivity index (χ3n) is 6.05. The van der Waals surface area contributed by atoms with Crippen LogP contribution >= 0.6 is 0 Å². The summed E-state index contributed by atoms with van der Waals surface area (Å²) in [5, 5.41) is 5.58. The van der Waals surface area contributed by atoms with Crippen molar-refractivity contribution in [2.24, 2.45) is 5.92 Å². The SMILES string of the molecule is C[C@@]1(C2CC2)NC(=O)N(CC(=O)OCC(=O)N[C@@H]2CCCc3ccccc32)C1=O. The fourth-order valence-electron chi connectivity index (χ4n) is 4.26. The topological polar surface area (TPSA) is 105 Å². The molecule has 8 nitrogen and oxygen atoms in total. The van der Waals surface area contributed by atoms with Gasteiger partial charge in [0.25, 0.3) is 11.8 Å². The summed E-state index contributed by atoms with van der Waals surface area (Å²) in [5.41, 5.74) is 1.37. The van der Waals surface area contributed by atoms with Crippen molar-refractivity contribution in [2.45, 2.75) is 50.6 Å². The van der Waals surface area contributed by atoms with Gasteiger partial charge in [0.05, 0.1) is 6.04 Å². The van der Waals surface area contributed by atoms with E-state index in [2.05, 4.69) is 16.7 Å². The molecule has 8 heteroatoms. The molecule has 4 rings (SSSR count). The lowest BCUT2D eigenvalue weighted by Gasteiger charge is -2.26. The number of hydrogen-bond donors (Lipinski definition) is 2. The maximum absolute atomic E-state index is 12.5. The molecule has 1 saturated carbocycles. The number of fused-ring (bicyclic) bond motifs is 1. The first-order valence-corrected chi connectivity index (χ1v) is 10.1.